The molecule has 102 valence electrons. The Kier molecular flexibility index (Phi) is 3.37. The second kappa shape index (κ2) is 5.18. The van der Waals surface area contributed by atoms with Crippen molar-refractivity contribution in [2.75, 3.05) is 0 Å². The van der Waals surface area contributed by atoms with Gasteiger partial charge in [0.2, 0.25) is 0 Å². The summed E-state index contributed by atoms with van der Waals surface area (Å²) >= 11 is 1.19. The lowest BCUT2D eigenvalue weighted by atomic mass is 10.1. The average molecular weight is 290 g/mol. The third kappa shape index (κ3) is 2.37. The standard InChI is InChI=1S/C13H11FN4OS/c1-7(19)8-2-3-10(9(14)4-8)20-13-11-12(16-5-15-11)17-6-18-13/h2-7,19H,1H3,(H,15,16,17,18)/t7-/m0/s1. The summed E-state index contributed by atoms with van der Waals surface area (Å²) in [5.74, 6) is -0.389. The molecule has 0 bridgehead atoms. The molecule has 5 nitrogen and oxygen atoms in total. The number of imidazole rings is 1. The van der Waals surface area contributed by atoms with E-state index in [9.17, 15) is 9.50 Å². The molecule has 0 saturated carbocycles. The number of aliphatic hydroxyl groups is 1. The summed E-state index contributed by atoms with van der Waals surface area (Å²) in [6.07, 6.45) is 2.23. The van der Waals surface area contributed by atoms with E-state index in [0.717, 1.165) is 0 Å². The molecular formula is C13H11FN4OS. The monoisotopic (exact) mass is 290 g/mol. The van der Waals surface area contributed by atoms with Crippen LogP contribution in [0.4, 0.5) is 4.39 Å². The van der Waals surface area contributed by atoms with Crippen LogP contribution in [0.3, 0.4) is 0 Å². The highest BCUT2D eigenvalue weighted by Gasteiger charge is 2.12. The lowest BCUT2D eigenvalue weighted by Gasteiger charge is -2.07. The van der Waals surface area contributed by atoms with E-state index >= 15 is 0 Å². The molecule has 7 heteroatoms. The summed E-state index contributed by atoms with van der Waals surface area (Å²) in [6, 6.07) is 4.66. The number of H-pyrrole nitrogens is 1. The number of hydrogen-bond acceptors (Lipinski definition) is 5. The van der Waals surface area contributed by atoms with Crippen molar-refractivity contribution >= 4 is 22.9 Å². The first-order chi connectivity index (χ1) is 9.65. The van der Waals surface area contributed by atoms with Gasteiger partial charge in [0.1, 0.15) is 22.7 Å². The third-order valence-corrected chi connectivity index (χ3v) is 3.89. The highest BCUT2D eigenvalue weighted by Crippen LogP contribution is 2.32. The third-order valence-electron chi connectivity index (χ3n) is 2.83. The number of aliphatic hydroxyl groups excluding tert-OH is 1. The number of fused-ring (bicyclic) bond motifs is 1. The van der Waals surface area contributed by atoms with Crippen LogP contribution in [-0.4, -0.2) is 25.0 Å². The van der Waals surface area contributed by atoms with Crippen LogP contribution in [0.1, 0.15) is 18.6 Å². The maximum Gasteiger partial charge on any atom is 0.181 e. The predicted molar refractivity (Wildman–Crippen MR) is 72.8 cm³/mol. The summed E-state index contributed by atoms with van der Waals surface area (Å²) in [4.78, 5) is 15.6. The van der Waals surface area contributed by atoms with Gasteiger partial charge in [0.05, 0.1) is 12.4 Å². The summed E-state index contributed by atoms with van der Waals surface area (Å²) in [5.41, 5.74) is 1.77. The molecule has 3 rings (SSSR count). The van der Waals surface area contributed by atoms with Gasteiger partial charge < -0.3 is 10.1 Å². The SMILES string of the molecule is C[C@H](O)c1ccc(Sc2ncnc3nc[nH]c23)c(F)c1. The van der Waals surface area contributed by atoms with E-state index in [1.807, 2.05) is 0 Å². The molecule has 20 heavy (non-hydrogen) atoms. The van der Waals surface area contributed by atoms with Gasteiger partial charge >= 0.3 is 0 Å². The molecule has 0 aliphatic carbocycles. The fourth-order valence-electron chi connectivity index (χ4n) is 1.78. The lowest BCUT2D eigenvalue weighted by molar-refractivity contribution is 0.198. The summed E-state index contributed by atoms with van der Waals surface area (Å²) in [7, 11) is 0. The molecule has 0 spiro atoms. The van der Waals surface area contributed by atoms with Crippen LogP contribution in [0.15, 0.2) is 40.8 Å². The molecule has 0 unspecified atom stereocenters. The number of aromatic amines is 1. The van der Waals surface area contributed by atoms with Crippen LogP contribution >= 0.6 is 11.8 Å². The first-order valence-corrected chi connectivity index (χ1v) is 6.76. The Labute approximate surface area is 118 Å². The van der Waals surface area contributed by atoms with Crippen LogP contribution in [0.5, 0.6) is 0 Å². The zero-order valence-corrected chi connectivity index (χ0v) is 11.4. The molecule has 2 heterocycles. The average Bonchev–Trinajstić information content (AvgIpc) is 2.90. The molecule has 2 aromatic heterocycles. The first-order valence-electron chi connectivity index (χ1n) is 5.94. The molecule has 0 radical (unpaired) electrons. The van der Waals surface area contributed by atoms with Crippen molar-refractivity contribution in [3.63, 3.8) is 0 Å². The lowest BCUT2D eigenvalue weighted by Crippen LogP contribution is -1.93. The highest BCUT2D eigenvalue weighted by molar-refractivity contribution is 7.99. The Morgan fingerprint density at radius 2 is 2.15 bits per heavy atom. The Balaban J connectivity index is 1.97. The van der Waals surface area contributed by atoms with E-state index < -0.39 is 6.10 Å². The summed E-state index contributed by atoms with van der Waals surface area (Å²) < 4.78 is 14.0. The van der Waals surface area contributed by atoms with Crippen molar-refractivity contribution in [3.8, 4) is 0 Å². The highest BCUT2D eigenvalue weighted by atomic mass is 32.2. The predicted octanol–water partition coefficient (Wildman–Crippen LogP) is 2.70. The fraction of sp³-hybridized carbons (Fsp3) is 0.154. The number of aromatic nitrogens is 4. The zero-order chi connectivity index (χ0) is 14.1. The molecular weight excluding hydrogens is 279 g/mol. The van der Waals surface area contributed by atoms with Gasteiger partial charge in [0.15, 0.2) is 5.65 Å². The summed E-state index contributed by atoms with van der Waals surface area (Å²) in [5, 5.41) is 10.0. The van der Waals surface area contributed by atoms with Gasteiger partial charge in [-0.15, -0.1) is 0 Å². The van der Waals surface area contributed by atoms with E-state index in [-0.39, 0.29) is 5.82 Å². The fourth-order valence-corrected chi connectivity index (χ4v) is 2.64. The van der Waals surface area contributed by atoms with Gasteiger partial charge in [-0.25, -0.2) is 19.3 Å². The van der Waals surface area contributed by atoms with Gasteiger partial charge in [0, 0.05) is 4.90 Å². The smallest absolute Gasteiger partial charge is 0.181 e. The molecule has 3 aromatic rings. The Morgan fingerprint density at radius 1 is 1.30 bits per heavy atom. The molecule has 0 amide bonds. The number of benzene rings is 1. The van der Waals surface area contributed by atoms with E-state index in [1.165, 1.54) is 30.5 Å². The van der Waals surface area contributed by atoms with Gasteiger partial charge in [-0.3, -0.25) is 0 Å². The van der Waals surface area contributed by atoms with Crippen molar-refractivity contribution in [2.45, 2.75) is 22.9 Å². The van der Waals surface area contributed by atoms with Crippen LogP contribution in [-0.2, 0) is 0 Å². The second-order valence-electron chi connectivity index (χ2n) is 4.25. The van der Waals surface area contributed by atoms with Crippen LogP contribution < -0.4 is 0 Å². The number of halogens is 1. The zero-order valence-electron chi connectivity index (χ0n) is 10.5. The van der Waals surface area contributed by atoms with E-state index in [1.54, 1.807) is 19.1 Å². The van der Waals surface area contributed by atoms with E-state index in [0.29, 0.717) is 26.6 Å². The first kappa shape index (κ1) is 13.0. The largest absolute Gasteiger partial charge is 0.389 e. The van der Waals surface area contributed by atoms with Crippen molar-refractivity contribution in [2.24, 2.45) is 0 Å². The van der Waals surface area contributed by atoms with E-state index in [4.69, 9.17) is 0 Å². The van der Waals surface area contributed by atoms with Crippen molar-refractivity contribution in [1.29, 1.82) is 0 Å². The normalized spacial score (nSPS) is 12.8. The minimum atomic E-state index is -0.693. The number of hydrogen-bond donors (Lipinski definition) is 2. The van der Waals surface area contributed by atoms with Crippen molar-refractivity contribution in [1.82, 2.24) is 19.9 Å². The molecule has 1 aromatic carbocycles. The number of nitrogens with zero attached hydrogens (tertiary/aromatic N) is 3. The molecule has 0 aliphatic heterocycles. The van der Waals surface area contributed by atoms with Gasteiger partial charge in [0.25, 0.3) is 0 Å². The maximum absolute atomic E-state index is 14.0. The Morgan fingerprint density at radius 3 is 2.90 bits per heavy atom. The Hall–Kier alpha value is -1.99. The molecule has 0 saturated heterocycles. The topological polar surface area (TPSA) is 74.7 Å². The number of nitrogens with one attached hydrogen (secondary N) is 1. The molecule has 0 fully saturated rings. The van der Waals surface area contributed by atoms with Crippen LogP contribution in [0, 0.1) is 5.82 Å². The quantitative estimate of drug-likeness (QED) is 0.725. The van der Waals surface area contributed by atoms with Crippen molar-refractivity contribution < 1.29 is 9.50 Å². The minimum absolute atomic E-state index is 0.389. The van der Waals surface area contributed by atoms with Gasteiger partial charge in [-0.05, 0) is 24.6 Å². The van der Waals surface area contributed by atoms with Gasteiger partial charge in [-0.2, -0.15) is 0 Å². The van der Waals surface area contributed by atoms with E-state index in [2.05, 4.69) is 19.9 Å². The molecule has 2 N–H and O–H groups in total. The van der Waals surface area contributed by atoms with Crippen LogP contribution in [0.25, 0.3) is 11.2 Å². The maximum atomic E-state index is 14.0. The van der Waals surface area contributed by atoms with Crippen LogP contribution in [0.2, 0.25) is 0 Å². The van der Waals surface area contributed by atoms with Gasteiger partial charge in [-0.1, -0.05) is 17.8 Å². The molecule has 0 aliphatic rings. The van der Waals surface area contributed by atoms with Crippen molar-refractivity contribution in [3.05, 3.63) is 42.2 Å². The molecule has 1 atom stereocenters. The Bertz CT molecular complexity index is 759. The minimum Gasteiger partial charge on any atom is -0.389 e. The number of rotatable bonds is 3. The second-order valence-corrected chi connectivity index (χ2v) is 5.28. The summed E-state index contributed by atoms with van der Waals surface area (Å²) in [6.45, 7) is 1.60.